The Balaban J connectivity index is 2.33. The van der Waals surface area contributed by atoms with Gasteiger partial charge < -0.3 is 20.2 Å². The van der Waals surface area contributed by atoms with Crippen molar-refractivity contribution in [2.24, 2.45) is 10.7 Å². The average Bonchev–Trinajstić information content (AvgIpc) is 2.50. The molecule has 130 valence electrons. The fourth-order valence-electron chi connectivity index (χ4n) is 2.09. The van der Waals surface area contributed by atoms with Crippen LogP contribution in [0.3, 0.4) is 0 Å². The Morgan fingerprint density at radius 3 is 2.50 bits per heavy atom. The molecule has 0 radical (unpaired) electrons. The van der Waals surface area contributed by atoms with Crippen LogP contribution in [-0.2, 0) is 5.75 Å². The lowest BCUT2D eigenvalue weighted by Gasteiger charge is -2.13. The first-order valence-corrected chi connectivity index (χ1v) is 8.35. The molecule has 2 rings (SSSR count). The molecule has 0 saturated heterocycles. The molecule has 7 nitrogen and oxygen atoms in total. The van der Waals surface area contributed by atoms with E-state index in [1.54, 1.807) is 12.1 Å². The second kappa shape index (κ2) is 7.12. The van der Waals surface area contributed by atoms with Gasteiger partial charge in [0.1, 0.15) is 5.82 Å². The van der Waals surface area contributed by atoms with Gasteiger partial charge in [0.15, 0.2) is 16.7 Å². The fourth-order valence-corrected chi connectivity index (χ4v) is 2.85. The van der Waals surface area contributed by atoms with Crippen LogP contribution in [0.25, 0.3) is 10.9 Å². The maximum Gasteiger partial charge on any atom is 0.258 e. The first-order valence-electron chi connectivity index (χ1n) is 7.36. The molecule has 0 saturated carbocycles. The van der Waals surface area contributed by atoms with Crippen molar-refractivity contribution in [2.45, 2.75) is 32.1 Å². The number of nitrogens with two attached hydrogens (primary N) is 1. The van der Waals surface area contributed by atoms with E-state index in [1.165, 1.54) is 26.0 Å². The molecule has 0 unspecified atom stereocenters. The number of fused-ring (bicyclic) bond motifs is 1. The van der Waals surface area contributed by atoms with Crippen molar-refractivity contribution in [1.29, 1.82) is 0 Å². The van der Waals surface area contributed by atoms with Crippen LogP contribution in [0.4, 0.5) is 0 Å². The summed E-state index contributed by atoms with van der Waals surface area (Å²) in [6, 6.07) is 3.30. The SMILES string of the molecule is COc1cc2nc(CSC(N)=NC(C)(C)C)[nH]c(=O)c2cc1OC. The normalized spacial score (nSPS) is 12.5. The molecule has 2 aromatic rings. The smallest absolute Gasteiger partial charge is 0.258 e. The summed E-state index contributed by atoms with van der Waals surface area (Å²) in [5.74, 6) is 1.96. The number of hydrogen-bond acceptors (Lipinski definition) is 6. The second-order valence-corrected chi connectivity index (χ2v) is 7.14. The largest absolute Gasteiger partial charge is 0.493 e. The summed E-state index contributed by atoms with van der Waals surface area (Å²) < 4.78 is 10.5. The first kappa shape index (κ1) is 18.1. The van der Waals surface area contributed by atoms with Gasteiger partial charge in [-0.25, -0.2) is 4.98 Å². The fraction of sp³-hybridized carbons (Fsp3) is 0.438. The molecule has 0 amide bonds. The Hall–Kier alpha value is -2.22. The minimum absolute atomic E-state index is 0.233. The number of rotatable bonds is 4. The Morgan fingerprint density at radius 2 is 1.92 bits per heavy atom. The van der Waals surface area contributed by atoms with Crippen LogP contribution in [-0.4, -0.2) is 34.9 Å². The highest BCUT2D eigenvalue weighted by Crippen LogP contribution is 2.30. The number of ether oxygens (including phenoxy) is 2. The third-order valence-electron chi connectivity index (χ3n) is 3.06. The van der Waals surface area contributed by atoms with E-state index in [0.717, 1.165) is 0 Å². The number of methoxy groups -OCH3 is 2. The summed E-state index contributed by atoms with van der Waals surface area (Å²) in [6.07, 6.45) is 0. The van der Waals surface area contributed by atoms with Crippen LogP contribution in [0.15, 0.2) is 21.9 Å². The predicted octanol–water partition coefficient (Wildman–Crippen LogP) is 2.29. The number of nitrogens with zero attached hydrogens (tertiary/aromatic N) is 2. The van der Waals surface area contributed by atoms with Gasteiger partial charge >= 0.3 is 0 Å². The van der Waals surface area contributed by atoms with E-state index in [-0.39, 0.29) is 11.1 Å². The molecule has 0 atom stereocenters. The quantitative estimate of drug-likeness (QED) is 0.648. The van der Waals surface area contributed by atoms with Crippen molar-refractivity contribution in [2.75, 3.05) is 14.2 Å². The van der Waals surface area contributed by atoms with E-state index in [2.05, 4.69) is 15.0 Å². The molecular weight excluding hydrogens is 328 g/mol. The number of aromatic nitrogens is 2. The van der Waals surface area contributed by atoms with Gasteiger partial charge in [0, 0.05) is 6.07 Å². The topological polar surface area (TPSA) is 103 Å². The van der Waals surface area contributed by atoms with Gasteiger partial charge in [0.05, 0.1) is 36.4 Å². The third kappa shape index (κ3) is 4.41. The molecule has 8 heteroatoms. The van der Waals surface area contributed by atoms with Gasteiger partial charge in [0.2, 0.25) is 0 Å². The summed E-state index contributed by atoms with van der Waals surface area (Å²) in [6.45, 7) is 5.91. The Labute approximate surface area is 144 Å². The maximum absolute atomic E-state index is 12.3. The van der Waals surface area contributed by atoms with Crippen molar-refractivity contribution in [3.05, 3.63) is 28.3 Å². The standard InChI is InChI=1S/C16H22N4O3S/c1-16(2,3)20-15(17)24-8-13-18-10-7-12(23-5)11(22-4)6-9(10)14(21)19-13/h6-7H,8H2,1-5H3,(H2,17,20)(H,18,19,21). The molecule has 0 aliphatic carbocycles. The lowest BCUT2D eigenvalue weighted by Crippen LogP contribution is -2.18. The number of benzene rings is 1. The number of nitrogens with one attached hydrogen (secondary N) is 1. The van der Waals surface area contributed by atoms with Gasteiger partial charge in [-0.2, -0.15) is 0 Å². The van der Waals surface area contributed by atoms with Gasteiger partial charge in [0.25, 0.3) is 5.56 Å². The van der Waals surface area contributed by atoms with Crippen molar-refractivity contribution in [3.63, 3.8) is 0 Å². The highest BCUT2D eigenvalue weighted by Gasteiger charge is 2.12. The molecule has 0 aliphatic heterocycles. The second-order valence-electron chi connectivity index (χ2n) is 6.15. The molecule has 0 fully saturated rings. The number of amidine groups is 1. The van der Waals surface area contributed by atoms with E-state index < -0.39 is 0 Å². The predicted molar refractivity (Wildman–Crippen MR) is 98.1 cm³/mol. The minimum atomic E-state index is -0.245. The maximum atomic E-state index is 12.3. The third-order valence-corrected chi connectivity index (χ3v) is 3.87. The molecule has 0 spiro atoms. The number of H-pyrrole nitrogens is 1. The molecule has 24 heavy (non-hydrogen) atoms. The van der Waals surface area contributed by atoms with Crippen LogP contribution in [0.5, 0.6) is 11.5 Å². The van der Waals surface area contributed by atoms with E-state index in [9.17, 15) is 4.79 Å². The number of thioether (sulfide) groups is 1. The minimum Gasteiger partial charge on any atom is -0.493 e. The number of hydrogen-bond donors (Lipinski definition) is 2. The van der Waals surface area contributed by atoms with Gasteiger partial charge in [-0.05, 0) is 26.8 Å². The highest BCUT2D eigenvalue weighted by molar-refractivity contribution is 8.13. The molecule has 1 heterocycles. The zero-order valence-corrected chi connectivity index (χ0v) is 15.3. The zero-order chi connectivity index (χ0) is 17.9. The molecule has 1 aromatic carbocycles. The molecule has 0 bridgehead atoms. The van der Waals surface area contributed by atoms with Crippen LogP contribution >= 0.6 is 11.8 Å². The van der Waals surface area contributed by atoms with Gasteiger partial charge in [-0.3, -0.25) is 9.79 Å². The van der Waals surface area contributed by atoms with Crippen LogP contribution in [0, 0.1) is 0 Å². The van der Waals surface area contributed by atoms with E-state index in [0.29, 0.717) is 39.1 Å². The van der Waals surface area contributed by atoms with Crippen molar-refractivity contribution in [3.8, 4) is 11.5 Å². The lowest BCUT2D eigenvalue weighted by molar-refractivity contribution is 0.355. The average molecular weight is 350 g/mol. The van der Waals surface area contributed by atoms with Crippen molar-refractivity contribution >= 4 is 27.8 Å². The Morgan fingerprint density at radius 1 is 1.29 bits per heavy atom. The monoisotopic (exact) mass is 350 g/mol. The molecule has 1 aromatic heterocycles. The summed E-state index contributed by atoms with van der Waals surface area (Å²) in [4.78, 5) is 23.9. The van der Waals surface area contributed by atoms with E-state index in [1.807, 2.05) is 20.8 Å². The Kier molecular flexibility index (Phi) is 5.38. The highest BCUT2D eigenvalue weighted by atomic mass is 32.2. The summed E-state index contributed by atoms with van der Waals surface area (Å²) in [5, 5.41) is 0.898. The van der Waals surface area contributed by atoms with Crippen molar-refractivity contribution in [1.82, 2.24) is 9.97 Å². The zero-order valence-electron chi connectivity index (χ0n) is 14.5. The summed E-state index contributed by atoms with van der Waals surface area (Å²) >= 11 is 1.33. The lowest BCUT2D eigenvalue weighted by atomic mass is 10.1. The molecule has 3 N–H and O–H groups in total. The van der Waals surface area contributed by atoms with Crippen molar-refractivity contribution < 1.29 is 9.47 Å². The van der Waals surface area contributed by atoms with E-state index in [4.69, 9.17) is 15.2 Å². The van der Waals surface area contributed by atoms with Gasteiger partial charge in [-0.1, -0.05) is 11.8 Å². The van der Waals surface area contributed by atoms with E-state index >= 15 is 0 Å². The first-order chi connectivity index (χ1) is 11.2. The number of aromatic amines is 1. The molecular formula is C16H22N4O3S. The Bertz CT molecular complexity index is 824. The number of aliphatic imine (C=N–C) groups is 1. The van der Waals surface area contributed by atoms with Gasteiger partial charge in [-0.15, -0.1) is 0 Å². The summed E-state index contributed by atoms with van der Waals surface area (Å²) in [7, 11) is 3.06. The summed E-state index contributed by atoms with van der Waals surface area (Å²) in [5.41, 5.74) is 5.96. The van der Waals surface area contributed by atoms with Crippen LogP contribution in [0.1, 0.15) is 26.6 Å². The molecule has 0 aliphatic rings. The van der Waals surface area contributed by atoms with Crippen LogP contribution < -0.4 is 20.8 Å². The van der Waals surface area contributed by atoms with Crippen LogP contribution in [0.2, 0.25) is 0 Å².